The normalized spacial score (nSPS) is 12.0. The zero-order valence-electron chi connectivity index (χ0n) is 16.9. The summed E-state index contributed by atoms with van der Waals surface area (Å²) >= 11 is 0. The molecule has 27 heavy (non-hydrogen) atoms. The summed E-state index contributed by atoms with van der Waals surface area (Å²) in [6.07, 6.45) is 3.03. The maximum absolute atomic E-state index is 4.73. The number of pyridine rings is 1. The second-order valence-electron chi connectivity index (χ2n) is 8.99. The number of aromatic nitrogens is 1. The number of benzene rings is 3. The molecule has 0 aliphatic carbocycles. The standard InChI is InChI=1S/C26H27N/c1-17-12-18(2)14-21(13-17)25-24-9-7-20-15-19(16-26(3,4)5)6-8-22(20)23(24)10-11-27-25/h6-15H,16H2,1-5H3. The van der Waals surface area contributed by atoms with Crippen LogP contribution in [0.4, 0.5) is 0 Å². The van der Waals surface area contributed by atoms with Gasteiger partial charge in [-0.3, -0.25) is 4.98 Å². The molecule has 1 heterocycles. The summed E-state index contributed by atoms with van der Waals surface area (Å²) in [5, 5.41) is 5.11. The van der Waals surface area contributed by atoms with Gasteiger partial charge in [0.15, 0.2) is 0 Å². The van der Waals surface area contributed by atoms with Crippen LogP contribution in [0.15, 0.2) is 60.8 Å². The molecule has 0 saturated carbocycles. The van der Waals surface area contributed by atoms with Crippen molar-refractivity contribution in [3.8, 4) is 11.3 Å². The number of rotatable bonds is 2. The van der Waals surface area contributed by atoms with Crippen molar-refractivity contribution in [1.29, 1.82) is 0 Å². The van der Waals surface area contributed by atoms with Crippen molar-refractivity contribution in [2.75, 3.05) is 0 Å². The first-order valence-electron chi connectivity index (χ1n) is 9.69. The van der Waals surface area contributed by atoms with E-state index in [1.807, 2.05) is 6.20 Å². The fourth-order valence-electron chi connectivity index (χ4n) is 4.11. The van der Waals surface area contributed by atoms with Crippen molar-refractivity contribution in [1.82, 2.24) is 4.98 Å². The number of nitrogens with zero attached hydrogens (tertiary/aromatic N) is 1. The Labute approximate surface area is 162 Å². The van der Waals surface area contributed by atoms with Crippen molar-refractivity contribution in [3.63, 3.8) is 0 Å². The predicted molar refractivity (Wildman–Crippen MR) is 117 cm³/mol. The van der Waals surface area contributed by atoms with Crippen LogP contribution >= 0.6 is 0 Å². The highest BCUT2D eigenvalue weighted by atomic mass is 14.7. The van der Waals surface area contributed by atoms with Crippen LogP contribution < -0.4 is 0 Å². The van der Waals surface area contributed by atoms with E-state index in [4.69, 9.17) is 4.98 Å². The largest absolute Gasteiger partial charge is 0.256 e. The van der Waals surface area contributed by atoms with Gasteiger partial charge in [-0.15, -0.1) is 0 Å². The fourth-order valence-corrected chi connectivity index (χ4v) is 4.11. The van der Waals surface area contributed by atoms with Gasteiger partial charge in [-0.2, -0.15) is 0 Å². The Kier molecular flexibility index (Phi) is 4.26. The molecule has 0 aliphatic rings. The molecule has 1 heteroatoms. The molecule has 1 nitrogen and oxygen atoms in total. The molecule has 0 spiro atoms. The average Bonchev–Trinajstić information content (AvgIpc) is 2.58. The van der Waals surface area contributed by atoms with E-state index in [9.17, 15) is 0 Å². The second-order valence-corrected chi connectivity index (χ2v) is 8.99. The van der Waals surface area contributed by atoms with Crippen molar-refractivity contribution < 1.29 is 0 Å². The molecule has 3 aromatic carbocycles. The van der Waals surface area contributed by atoms with Crippen molar-refractivity contribution >= 4 is 21.5 Å². The first-order valence-corrected chi connectivity index (χ1v) is 9.69. The van der Waals surface area contributed by atoms with E-state index in [-0.39, 0.29) is 0 Å². The van der Waals surface area contributed by atoms with Crippen LogP contribution in [-0.2, 0) is 6.42 Å². The molecule has 0 saturated heterocycles. The predicted octanol–water partition coefficient (Wildman–Crippen LogP) is 7.26. The third-order valence-corrected chi connectivity index (χ3v) is 5.06. The summed E-state index contributed by atoms with van der Waals surface area (Å²) in [6.45, 7) is 11.2. The van der Waals surface area contributed by atoms with Gasteiger partial charge >= 0.3 is 0 Å². The van der Waals surface area contributed by atoms with Gasteiger partial charge in [0.2, 0.25) is 0 Å². The molecule has 4 aromatic rings. The Morgan fingerprint density at radius 3 is 2.15 bits per heavy atom. The van der Waals surface area contributed by atoms with Crippen LogP contribution in [0, 0.1) is 19.3 Å². The number of aryl methyl sites for hydroxylation is 2. The molecule has 1 aromatic heterocycles. The monoisotopic (exact) mass is 353 g/mol. The maximum Gasteiger partial charge on any atom is 0.0780 e. The average molecular weight is 354 g/mol. The molecular formula is C26H27N. The Morgan fingerprint density at radius 2 is 1.44 bits per heavy atom. The zero-order chi connectivity index (χ0) is 19.2. The quantitative estimate of drug-likeness (QED) is 0.346. The van der Waals surface area contributed by atoms with Gasteiger partial charge in [0.1, 0.15) is 0 Å². The summed E-state index contributed by atoms with van der Waals surface area (Å²) in [4.78, 5) is 4.73. The van der Waals surface area contributed by atoms with E-state index in [0.29, 0.717) is 5.41 Å². The highest BCUT2D eigenvalue weighted by Gasteiger charge is 2.13. The summed E-state index contributed by atoms with van der Waals surface area (Å²) in [7, 11) is 0. The Morgan fingerprint density at radius 1 is 0.741 bits per heavy atom. The minimum absolute atomic E-state index is 0.296. The van der Waals surface area contributed by atoms with Crippen molar-refractivity contribution in [2.45, 2.75) is 41.0 Å². The van der Waals surface area contributed by atoms with Crippen molar-refractivity contribution in [2.24, 2.45) is 5.41 Å². The molecule has 0 radical (unpaired) electrons. The first-order chi connectivity index (χ1) is 12.8. The summed E-state index contributed by atoms with van der Waals surface area (Å²) in [5.74, 6) is 0. The molecule has 0 amide bonds. The third kappa shape index (κ3) is 3.60. The van der Waals surface area contributed by atoms with Gasteiger partial charge in [0.25, 0.3) is 0 Å². The number of fused-ring (bicyclic) bond motifs is 3. The highest BCUT2D eigenvalue weighted by Crippen LogP contribution is 2.33. The van der Waals surface area contributed by atoms with Crippen molar-refractivity contribution in [3.05, 3.63) is 77.5 Å². The lowest BCUT2D eigenvalue weighted by Gasteiger charge is -2.18. The second kappa shape index (κ2) is 6.49. The van der Waals surface area contributed by atoms with E-state index >= 15 is 0 Å². The van der Waals surface area contributed by atoms with Gasteiger partial charge in [0, 0.05) is 17.1 Å². The lowest BCUT2D eigenvalue weighted by molar-refractivity contribution is 0.411. The summed E-state index contributed by atoms with van der Waals surface area (Å²) in [6, 6.07) is 20.2. The van der Waals surface area contributed by atoms with E-state index in [2.05, 4.69) is 89.2 Å². The van der Waals surface area contributed by atoms with Gasteiger partial charge in [-0.05, 0) is 65.6 Å². The van der Waals surface area contributed by atoms with Crippen LogP contribution in [0.25, 0.3) is 32.8 Å². The number of hydrogen-bond acceptors (Lipinski definition) is 1. The third-order valence-electron chi connectivity index (χ3n) is 5.06. The smallest absolute Gasteiger partial charge is 0.0780 e. The highest BCUT2D eigenvalue weighted by molar-refractivity contribution is 6.11. The van der Waals surface area contributed by atoms with Crippen LogP contribution in [-0.4, -0.2) is 4.98 Å². The molecular weight excluding hydrogens is 326 g/mol. The zero-order valence-corrected chi connectivity index (χ0v) is 16.9. The molecule has 0 unspecified atom stereocenters. The van der Waals surface area contributed by atoms with Crippen LogP contribution in [0.3, 0.4) is 0 Å². The van der Waals surface area contributed by atoms with Gasteiger partial charge in [-0.25, -0.2) is 0 Å². The van der Waals surface area contributed by atoms with Crippen LogP contribution in [0.1, 0.15) is 37.5 Å². The molecule has 0 bridgehead atoms. The number of hydrogen-bond donors (Lipinski definition) is 0. The van der Waals surface area contributed by atoms with E-state index in [0.717, 1.165) is 12.1 Å². The maximum atomic E-state index is 4.73. The molecule has 0 atom stereocenters. The summed E-state index contributed by atoms with van der Waals surface area (Å²) < 4.78 is 0. The van der Waals surface area contributed by atoms with Crippen LogP contribution in [0.5, 0.6) is 0 Å². The molecule has 4 rings (SSSR count). The molecule has 0 aliphatic heterocycles. The molecule has 136 valence electrons. The minimum atomic E-state index is 0.296. The lowest BCUT2D eigenvalue weighted by atomic mass is 9.87. The Hall–Kier alpha value is -2.67. The van der Waals surface area contributed by atoms with Crippen LogP contribution in [0.2, 0.25) is 0 Å². The Balaban J connectivity index is 1.91. The fraction of sp³-hybridized carbons (Fsp3) is 0.269. The molecule has 0 N–H and O–H groups in total. The van der Waals surface area contributed by atoms with E-state index < -0.39 is 0 Å². The Bertz CT molecular complexity index is 1130. The topological polar surface area (TPSA) is 12.9 Å². The minimum Gasteiger partial charge on any atom is -0.256 e. The van der Waals surface area contributed by atoms with E-state index in [1.165, 1.54) is 43.8 Å². The van der Waals surface area contributed by atoms with Gasteiger partial charge in [0.05, 0.1) is 5.69 Å². The van der Waals surface area contributed by atoms with Gasteiger partial charge in [-0.1, -0.05) is 68.3 Å². The lowest BCUT2D eigenvalue weighted by Crippen LogP contribution is -2.08. The van der Waals surface area contributed by atoms with Gasteiger partial charge < -0.3 is 0 Å². The first kappa shape index (κ1) is 17.7. The summed E-state index contributed by atoms with van der Waals surface area (Å²) in [5.41, 5.74) is 6.51. The molecule has 0 fully saturated rings. The SMILES string of the molecule is Cc1cc(C)cc(-c2nccc3c2ccc2cc(CC(C)(C)C)ccc23)c1. The van der Waals surface area contributed by atoms with E-state index in [1.54, 1.807) is 0 Å².